The van der Waals surface area contributed by atoms with Crippen molar-refractivity contribution in [3.63, 3.8) is 0 Å². The fourth-order valence-electron chi connectivity index (χ4n) is 2.57. The number of allylic oxidation sites excluding steroid dienone is 1. The molecule has 0 amide bonds. The topological polar surface area (TPSA) is 9.23 Å². The Morgan fingerprint density at radius 1 is 1.31 bits per heavy atom. The second-order valence-electron chi connectivity index (χ2n) is 4.75. The van der Waals surface area contributed by atoms with Crippen molar-refractivity contribution in [2.24, 2.45) is 5.92 Å². The van der Waals surface area contributed by atoms with Crippen molar-refractivity contribution >= 4 is 8.32 Å². The second kappa shape index (κ2) is 6.41. The van der Waals surface area contributed by atoms with Crippen molar-refractivity contribution in [3.05, 3.63) is 24.8 Å². The largest absolute Gasteiger partial charge is 0.413 e. The molecule has 1 rings (SSSR count). The molecule has 92 valence electrons. The van der Waals surface area contributed by atoms with E-state index < -0.39 is 8.32 Å². The average molecular weight is 238 g/mol. The Morgan fingerprint density at radius 2 is 1.94 bits per heavy atom. The highest BCUT2D eigenvalue weighted by Gasteiger charge is 2.34. The average Bonchev–Trinajstić information content (AvgIpc) is 2.74. The lowest BCUT2D eigenvalue weighted by atomic mass is 10.0. The molecule has 0 heterocycles. The van der Waals surface area contributed by atoms with Crippen molar-refractivity contribution in [2.75, 3.05) is 0 Å². The summed E-state index contributed by atoms with van der Waals surface area (Å²) in [4.78, 5) is 0. The van der Waals surface area contributed by atoms with E-state index >= 15 is 0 Å². The van der Waals surface area contributed by atoms with Crippen LogP contribution in [-0.4, -0.2) is 14.4 Å². The highest BCUT2D eigenvalue weighted by molar-refractivity contribution is 6.73. The number of hydrogen-bond acceptors (Lipinski definition) is 1. The molecule has 0 aliphatic heterocycles. The van der Waals surface area contributed by atoms with Gasteiger partial charge >= 0.3 is 0 Å². The summed E-state index contributed by atoms with van der Waals surface area (Å²) in [6.07, 6.45) is 9.20. The molecule has 0 bridgehead atoms. The Hall–Kier alpha value is -0.343. The lowest BCUT2D eigenvalue weighted by Gasteiger charge is -2.34. The summed E-state index contributed by atoms with van der Waals surface area (Å²) in [7, 11) is -1.43. The van der Waals surface area contributed by atoms with E-state index in [2.05, 4.69) is 39.5 Å². The third-order valence-corrected chi connectivity index (χ3v) is 8.67. The maximum atomic E-state index is 6.54. The van der Waals surface area contributed by atoms with E-state index in [0.717, 1.165) is 12.8 Å². The first-order valence-electron chi connectivity index (χ1n) is 6.66. The van der Waals surface area contributed by atoms with Crippen LogP contribution in [0.15, 0.2) is 24.8 Å². The van der Waals surface area contributed by atoms with Crippen molar-refractivity contribution in [1.82, 2.24) is 0 Å². The highest BCUT2D eigenvalue weighted by Crippen LogP contribution is 2.31. The van der Waals surface area contributed by atoms with Gasteiger partial charge < -0.3 is 4.43 Å². The Balaban J connectivity index is 2.61. The van der Waals surface area contributed by atoms with Crippen LogP contribution in [0.5, 0.6) is 0 Å². The Morgan fingerprint density at radius 3 is 2.44 bits per heavy atom. The summed E-state index contributed by atoms with van der Waals surface area (Å²) in [5.74, 6) is 0.578. The molecule has 0 fully saturated rings. The summed E-state index contributed by atoms with van der Waals surface area (Å²) in [5.41, 5.74) is 0. The maximum absolute atomic E-state index is 6.54. The molecule has 2 unspecified atom stereocenters. The van der Waals surface area contributed by atoms with Gasteiger partial charge in [0.2, 0.25) is 0 Å². The van der Waals surface area contributed by atoms with Gasteiger partial charge in [-0.3, -0.25) is 0 Å². The van der Waals surface area contributed by atoms with Crippen LogP contribution in [0.4, 0.5) is 0 Å². The first-order valence-corrected chi connectivity index (χ1v) is 9.19. The lowest BCUT2D eigenvalue weighted by Crippen LogP contribution is -2.41. The molecule has 0 saturated carbocycles. The van der Waals surface area contributed by atoms with Crippen molar-refractivity contribution < 1.29 is 4.43 Å². The summed E-state index contributed by atoms with van der Waals surface area (Å²) in [5, 5.41) is 0. The monoisotopic (exact) mass is 238 g/mol. The number of rotatable bonds is 7. The Labute approximate surface area is 102 Å². The van der Waals surface area contributed by atoms with E-state index in [1.807, 2.05) is 6.08 Å². The smallest absolute Gasteiger partial charge is 0.192 e. The van der Waals surface area contributed by atoms with Crippen LogP contribution < -0.4 is 0 Å². The molecule has 1 aliphatic rings. The predicted molar refractivity (Wildman–Crippen MR) is 74.1 cm³/mol. The molecule has 0 saturated heterocycles. The van der Waals surface area contributed by atoms with Crippen molar-refractivity contribution in [2.45, 2.75) is 57.8 Å². The van der Waals surface area contributed by atoms with Crippen LogP contribution in [0.1, 0.15) is 33.6 Å². The molecular formula is C14H26OSi. The highest BCUT2D eigenvalue weighted by atomic mass is 28.4. The van der Waals surface area contributed by atoms with Gasteiger partial charge in [-0.25, -0.2) is 0 Å². The minimum absolute atomic E-state index is 0.435. The molecule has 16 heavy (non-hydrogen) atoms. The molecule has 2 heteroatoms. The Bertz CT molecular complexity index is 235. The minimum atomic E-state index is -1.43. The molecule has 0 aromatic carbocycles. The van der Waals surface area contributed by atoms with Gasteiger partial charge in [0.15, 0.2) is 8.32 Å². The van der Waals surface area contributed by atoms with Gasteiger partial charge in [-0.2, -0.15) is 0 Å². The van der Waals surface area contributed by atoms with Gasteiger partial charge in [0.05, 0.1) is 6.10 Å². The summed E-state index contributed by atoms with van der Waals surface area (Å²) >= 11 is 0. The van der Waals surface area contributed by atoms with Crippen LogP contribution in [0.25, 0.3) is 0 Å². The summed E-state index contributed by atoms with van der Waals surface area (Å²) < 4.78 is 6.54. The van der Waals surface area contributed by atoms with Crippen LogP contribution in [0, 0.1) is 5.92 Å². The first-order chi connectivity index (χ1) is 7.71. The SMILES string of the molecule is C=CCC1C=CCC1O[Si](CC)(CC)CC. The van der Waals surface area contributed by atoms with E-state index in [0.29, 0.717) is 12.0 Å². The zero-order valence-electron chi connectivity index (χ0n) is 11.0. The molecule has 2 atom stereocenters. The molecule has 0 aromatic heterocycles. The van der Waals surface area contributed by atoms with E-state index in [-0.39, 0.29) is 0 Å². The molecule has 1 aliphatic carbocycles. The first kappa shape index (κ1) is 13.7. The van der Waals surface area contributed by atoms with Crippen LogP contribution in [0.2, 0.25) is 18.1 Å². The van der Waals surface area contributed by atoms with Gasteiger partial charge in [0, 0.05) is 5.92 Å². The fraction of sp³-hybridized carbons (Fsp3) is 0.714. The Kier molecular flexibility index (Phi) is 5.49. The summed E-state index contributed by atoms with van der Waals surface area (Å²) in [6, 6.07) is 3.74. The molecular weight excluding hydrogens is 212 g/mol. The standard InChI is InChI=1S/C14H26OSi/c1-5-10-13-11-9-12-14(13)15-16(6-2,7-3)8-4/h5,9,11,13-14H,1,6-8,10,12H2,2-4H3. The van der Waals surface area contributed by atoms with Crippen molar-refractivity contribution in [1.29, 1.82) is 0 Å². The zero-order chi connectivity index (χ0) is 12.0. The van der Waals surface area contributed by atoms with Gasteiger partial charge in [0.25, 0.3) is 0 Å². The van der Waals surface area contributed by atoms with Crippen LogP contribution >= 0.6 is 0 Å². The quantitative estimate of drug-likeness (QED) is 0.468. The molecule has 0 radical (unpaired) electrons. The third kappa shape index (κ3) is 3.08. The van der Waals surface area contributed by atoms with E-state index in [9.17, 15) is 0 Å². The zero-order valence-corrected chi connectivity index (χ0v) is 12.0. The third-order valence-electron chi connectivity index (χ3n) is 4.00. The van der Waals surface area contributed by atoms with E-state index in [1.165, 1.54) is 18.1 Å². The van der Waals surface area contributed by atoms with Crippen molar-refractivity contribution in [3.8, 4) is 0 Å². The lowest BCUT2D eigenvalue weighted by molar-refractivity contribution is 0.156. The van der Waals surface area contributed by atoms with Gasteiger partial charge in [-0.15, -0.1) is 6.58 Å². The van der Waals surface area contributed by atoms with Crippen LogP contribution in [0.3, 0.4) is 0 Å². The van der Waals surface area contributed by atoms with Crippen LogP contribution in [-0.2, 0) is 4.43 Å². The fourth-order valence-corrected chi connectivity index (χ4v) is 5.48. The molecule has 0 spiro atoms. The second-order valence-corrected chi connectivity index (χ2v) is 9.48. The van der Waals surface area contributed by atoms with E-state index in [1.54, 1.807) is 0 Å². The predicted octanol–water partition coefficient (Wildman–Crippen LogP) is 4.53. The molecule has 0 N–H and O–H groups in total. The maximum Gasteiger partial charge on any atom is 0.192 e. The minimum Gasteiger partial charge on any atom is -0.413 e. The number of hydrogen-bond donors (Lipinski definition) is 0. The van der Waals surface area contributed by atoms with Gasteiger partial charge in [0.1, 0.15) is 0 Å². The normalized spacial score (nSPS) is 24.9. The van der Waals surface area contributed by atoms with E-state index in [4.69, 9.17) is 4.43 Å². The molecule has 0 aromatic rings. The summed E-state index contributed by atoms with van der Waals surface area (Å²) in [6.45, 7) is 10.7. The van der Waals surface area contributed by atoms with Gasteiger partial charge in [-0.1, -0.05) is 39.0 Å². The molecule has 1 nitrogen and oxygen atoms in total. The van der Waals surface area contributed by atoms with Gasteiger partial charge in [-0.05, 0) is 31.0 Å².